The number of halogens is 4. The molecule has 0 saturated heterocycles. The second-order valence-electron chi connectivity index (χ2n) is 1.35. The summed E-state index contributed by atoms with van der Waals surface area (Å²) in [7, 11) is 1.00. The van der Waals surface area contributed by atoms with Gasteiger partial charge < -0.3 is 9.84 Å². The number of esters is 1. The van der Waals surface area contributed by atoms with Gasteiger partial charge in [-0.25, -0.2) is 0 Å². The molecule has 0 fully saturated rings. The summed E-state index contributed by atoms with van der Waals surface area (Å²) < 4.78 is 2.79. The van der Waals surface area contributed by atoms with Crippen LogP contribution in [0.4, 0.5) is 0 Å². The number of alkyl halides is 4. The maximum absolute atomic E-state index is 9.82. The maximum Gasteiger partial charge on any atom is 0.302 e. The quantitative estimate of drug-likeness (QED) is 0.590. The molecular weight excluding hydrogens is 262 g/mol. The highest BCUT2D eigenvalue weighted by molar-refractivity contribution is 6.83. The molecule has 0 radical (unpaired) electrons. The lowest BCUT2D eigenvalue weighted by molar-refractivity contribution is -0.140. The molecule has 0 amide bonds. The maximum atomic E-state index is 9.82. The molecule has 0 unspecified atom stereocenters. The molecule has 0 aromatic carbocycles. The van der Waals surface area contributed by atoms with Gasteiger partial charge in [0.05, 0.1) is 6.61 Å². The lowest BCUT2D eigenvalue weighted by Crippen LogP contribution is -1.95. The van der Waals surface area contributed by atoms with Crippen LogP contribution in [-0.4, -0.2) is 28.0 Å². The normalized spacial score (nSPS) is 8.62. The summed E-state index contributed by atoms with van der Waals surface area (Å²) in [5, 5.41) is 7.00. The van der Waals surface area contributed by atoms with Gasteiger partial charge in [0.1, 0.15) is 0 Å². The molecule has 0 rings (SSSR count). The molecule has 1 N–H and O–H groups in total. The third-order valence-corrected chi connectivity index (χ3v) is 0.348. The molecule has 7 heteroatoms. The van der Waals surface area contributed by atoms with Crippen LogP contribution in [0.25, 0.3) is 0 Å². The largest absolute Gasteiger partial charge is 0.466 e. The molecule has 0 aliphatic heterocycles. The number of carbonyl (C=O) groups excluding carboxylic acids is 1. The predicted octanol–water partition coefficient (Wildman–Crippen LogP) is 2.73. The number of rotatable bonds is 1. The van der Waals surface area contributed by atoms with Crippen LogP contribution in [0.1, 0.15) is 13.8 Å². The van der Waals surface area contributed by atoms with Crippen molar-refractivity contribution in [1.29, 1.82) is 0 Å². The Hall–Kier alpha value is 0.590. The van der Waals surface area contributed by atoms with Crippen molar-refractivity contribution in [1.82, 2.24) is 0 Å². The first-order chi connectivity index (χ1) is 5.77. The Morgan fingerprint density at radius 2 is 1.54 bits per heavy atom. The van der Waals surface area contributed by atoms with Crippen LogP contribution in [0.15, 0.2) is 0 Å². The molecule has 0 spiro atoms. The van der Waals surface area contributed by atoms with E-state index < -0.39 is 3.25 Å². The average molecular weight is 274 g/mol. The summed E-state index contributed by atoms with van der Waals surface area (Å²) in [6.45, 7) is 3.65. The van der Waals surface area contributed by atoms with Gasteiger partial charge in [-0.3, -0.25) is 4.79 Å². The summed E-state index contributed by atoms with van der Waals surface area (Å²) >= 11 is 19.3. The fraction of sp³-hybridized carbons (Fsp3) is 0.833. The Balaban J connectivity index is -0.000000131. The second-order valence-corrected chi connectivity index (χ2v) is 4.78. The van der Waals surface area contributed by atoms with Crippen molar-refractivity contribution in [2.45, 2.75) is 17.1 Å². The van der Waals surface area contributed by atoms with E-state index in [4.69, 9.17) is 51.5 Å². The van der Waals surface area contributed by atoms with Crippen molar-refractivity contribution in [2.24, 2.45) is 0 Å². The van der Waals surface area contributed by atoms with E-state index >= 15 is 0 Å². The van der Waals surface area contributed by atoms with E-state index in [-0.39, 0.29) is 5.97 Å². The Morgan fingerprint density at radius 1 is 1.31 bits per heavy atom. The Bertz CT molecular complexity index is 107. The highest BCUT2D eigenvalue weighted by Crippen LogP contribution is 2.29. The number of ether oxygens (including phenoxy) is 1. The zero-order chi connectivity index (χ0) is 11.5. The van der Waals surface area contributed by atoms with Gasteiger partial charge in [0.2, 0.25) is 0 Å². The van der Waals surface area contributed by atoms with Crippen molar-refractivity contribution in [3.63, 3.8) is 0 Å². The molecular formula is C6H12Cl4O3. The van der Waals surface area contributed by atoms with Gasteiger partial charge in [0.15, 0.2) is 0 Å². The number of carbonyl (C=O) groups is 1. The first-order valence-corrected chi connectivity index (χ1v) is 4.62. The smallest absolute Gasteiger partial charge is 0.302 e. The summed E-state index contributed by atoms with van der Waals surface area (Å²) in [5.41, 5.74) is 0. The average Bonchev–Trinajstić information content (AvgIpc) is 1.87. The number of aliphatic hydroxyl groups is 1. The van der Waals surface area contributed by atoms with E-state index in [1.165, 1.54) is 6.92 Å². The number of aliphatic hydroxyl groups excluding tert-OH is 1. The van der Waals surface area contributed by atoms with E-state index in [1.807, 2.05) is 0 Å². The van der Waals surface area contributed by atoms with E-state index in [2.05, 4.69) is 4.74 Å². The fourth-order valence-corrected chi connectivity index (χ4v) is 0.203. The SMILES string of the molecule is CCOC(C)=O.CO.ClC(Cl)(Cl)Cl. The third-order valence-electron chi connectivity index (χ3n) is 0.348. The number of hydrogen-bond donors (Lipinski definition) is 1. The molecule has 0 atom stereocenters. The van der Waals surface area contributed by atoms with Crippen molar-refractivity contribution >= 4 is 52.4 Å². The van der Waals surface area contributed by atoms with E-state index in [0.29, 0.717) is 6.61 Å². The summed E-state index contributed by atoms with van der Waals surface area (Å²) in [4.78, 5) is 9.82. The lowest BCUT2D eigenvalue weighted by Gasteiger charge is -1.91. The fourth-order valence-electron chi connectivity index (χ4n) is 0.203. The van der Waals surface area contributed by atoms with Crippen LogP contribution in [-0.2, 0) is 9.53 Å². The summed E-state index contributed by atoms with van der Waals surface area (Å²) in [5.74, 6) is -0.211. The minimum Gasteiger partial charge on any atom is -0.466 e. The Kier molecular flexibility index (Phi) is 18.6. The Labute approximate surface area is 97.9 Å². The van der Waals surface area contributed by atoms with Gasteiger partial charge in [0.25, 0.3) is 3.25 Å². The zero-order valence-electron chi connectivity index (χ0n) is 7.48. The molecule has 0 aliphatic carbocycles. The topological polar surface area (TPSA) is 46.5 Å². The van der Waals surface area contributed by atoms with E-state index in [9.17, 15) is 4.79 Å². The van der Waals surface area contributed by atoms with Gasteiger partial charge in [-0.1, -0.05) is 46.4 Å². The molecule has 3 nitrogen and oxygen atoms in total. The zero-order valence-corrected chi connectivity index (χ0v) is 10.5. The lowest BCUT2D eigenvalue weighted by atomic mass is 10.8. The van der Waals surface area contributed by atoms with Gasteiger partial charge in [-0.15, -0.1) is 0 Å². The molecule has 0 aromatic heterocycles. The van der Waals surface area contributed by atoms with Crippen LogP contribution < -0.4 is 0 Å². The minimum absolute atomic E-state index is 0.211. The first-order valence-electron chi connectivity index (χ1n) is 3.11. The van der Waals surface area contributed by atoms with Gasteiger partial charge in [-0.2, -0.15) is 0 Å². The van der Waals surface area contributed by atoms with Crippen LogP contribution in [0.2, 0.25) is 0 Å². The van der Waals surface area contributed by atoms with E-state index in [0.717, 1.165) is 7.11 Å². The number of hydrogen-bond acceptors (Lipinski definition) is 3. The van der Waals surface area contributed by atoms with E-state index in [1.54, 1.807) is 6.92 Å². The van der Waals surface area contributed by atoms with Crippen molar-refractivity contribution < 1.29 is 14.6 Å². The minimum atomic E-state index is -1.61. The van der Waals surface area contributed by atoms with Gasteiger partial charge >= 0.3 is 5.97 Å². The standard InChI is InChI=1S/C4H8O2.CCl4.CH4O/c1-3-6-4(2)5;2-1(3,4)5;1-2/h3H2,1-2H3;;2H,1H3. The highest BCUT2D eigenvalue weighted by atomic mass is 35.6. The van der Waals surface area contributed by atoms with Crippen LogP contribution in [0.3, 0.4) is 0 Å². The second kappa shape index (κ2) is 12.6. The Morgan fingerprint density at radius 3 is 1.54 bits per heavy atom. The molecule has 0 saturated carbocycles. The van der Waals surface area contributed by atoms with Crippen molar-refractivity contribution in [3.8, 4) is 0 Å². The summed E-state index contributed by atoms with van der Waals surface area (Å²) in [6.07, 6.45) is 0. The van der Waals surface area contributed by atoms with Crippen LogP contribution in [0, 0.1) is 0 Å². The molecule has 0 aromatic rings. The summed E-state index contributed by atoms with van der Waals surface area (Å²) in [6, 6.07) is 0. The molecule has 0 heterocycles. The van der Waals surface area contributed by atoms with Crippen LogP contribution in [0.5, 0.6) is 0 Å². The van der Waals surface area contributed by atoms with Gasteiger partial charge in [0, 0.05) is 14.0 Å². The predicted molar refractivity (Wildman–Crippen MR) is 56.6 cm³/mol. The van der Waals surface area contributed by atoms with Crippen molar-refractivity contribution in [2.75, 3.05) is 13.7 Å². The molecule has 82 valence electrons. The molecule has 0 bridgehead atoms. The molecule has 0 aliphatic rings. The first kappa shape index (κ1) is 19.2. The van der Waals surface area contributed by atoms with Crippen molar-refractivity contribution in [3.05, 3.63) is 0 Å². The highest BCUT2D eigenvalue weighted by Gasteiger charge is 2.11. The monoisotopic (exact) mass is 272 g/mol. The molecule has 13 heavy (non-hydrogen) atoms. The van der Waals surface area contributed by atoms with Crippen LogP contribution >= 0.6 is 46.4 Å². The van der Waals surface area contributed by atoms with Gasteiger partial charge in [-0.05, 0) is 6.92 Å². The third kappa shape index (κ3) is 110.